The quantitative estimate of drug-likeness (QED) is 0.622. The Kier molecular flexibility index (Phi) is 5.32. The van der Waals surface area contributed by atoms with Crippen LogP contribution in [0.15, 0.2) is 36.4 Å². The number of carbonyl (C=O) groups is 3. The van der Waals surface area contributed by atoms with E-state index >= 15 is 0 Å². The van der Waals surface area contributed by atoms with Gasteiger partial charge in [0.2, 0.25) is 6.79 Å². The van der Waals surface area contributed by atoms with Crippen LogP contribution in [0.25, 0.3) is 0 Å². The van der Waals surface area contributed by atoms with Gasteiger partial charge in [-0.3, -0.25) is 9.59 Å². The minimum Gasteiger partial charge on any atom is -0.454 e. The molecular weight excluding hydrogens is 374 g/mol. The van der Waals surface area contributed by atoms with Gasteiger partial charge in [-0.2, -0.15) is 0 Å². The maximum Gasteiger partial charge on any atom is 0.339 e. The zero-order valence-corrected chi connectivity index (χ0v) is 15.3. The number of esters is 1. The number of fused-ring (bicyclic) bond motifs is 1. The third-order valence-electron chi connectivity index (χ3n) is 3.85. The molecule has 0 aromatic heterocycles. The molecule has 1 N–H and O–H groups in total. The maximum atomic E-state index is 12.3. The summed E-state index contributed by atoms with van der Waals surface area (Å²) < 4.78 is 15.6. The predicted octanol–water partition coefficient (Wildman–Crippen LogP) is 3.46. The topological polar surface area (TPSA) is 90.9 Å². The van der Waals surface area contributed by atoms with Crippen molar-refractivity contribution in [1.82, 2.24) is 0 Å². The summed E-state index contributed by atoms with van der Waals surface area (Å²) in [7, 11) is 0. The average Bonchev–Trinajstić information content (AvgIpc) is 3.11. The van der Waals surface area contributed by atoms with Crippen LogP contribution in [0.2, 0.25) is 5.02 Å². The van der Waals surface area contributed by atoms with Crippen LogP contribution < -0.4 is 14.8 Å². The molecule has 0 fully saturated rings. The molecule has 0 radical (unpaired) electrons. The lowest BCUT2D eigenvalue weighted by Gasteiger charge is -2.14. The molecule has 1 unspecified atom stereocenters. The molecule has 0 bridgehead atoms. The number of anilines is 1. The van der Waals surface area contributed by atoms with Crippen LogP contribution >= 0.6 is 11.6 Å². The molecular formula is C19H16ClNO6. The molecule has 8 heteroatoms. The van der Waals surface area contributed by atoms with Gasteiger partial charge in [-0.05, 0) is 38.1 Å². The molecule has 1 heterocycles. The van der Waals surface area contributed by atoms with Gasteiger partial charge in [-0.25, -0.2) is 4.79 Å². The van der Waals surface area contributed by atoms with Gasteiger partial charge in [0.15, 0.2) is 23.4 Å². The van der Waals surface area contributed by atoms with Crippen molar-refractivity contribution >= 4 is 34.9 Å². The lowest BCUT2D eigenvalue weighted by Crippen LogP contribution is -2.30. The largest absolute Gasteiger partial charge is 0.454 e. The number of rotatable bonds is 5. The SMILES string of the molecule is CC(=O)c1cccc(NC(=O)C(C)OC(=O)c2cc(Cl)c3c(c2)OCO3)c1. The van der Waals surface area contributed by atoms with Gasteiger partial charge in [-0.1, -0.05) is 23.7 Å². The average molecular weight is 390 g/mol. The molecule has 1 aliphatic heterocycles. The lowest BCUT2D eigenvalue weighted by molar-refractivity contribution is -0.123. The van der Waals surface area contributed by atoms with Crippen molar-refractivity contribution < 1.29 is 28.6 Å². The molecule has 1 amide bonds. The lowest BCUT2D eigenvalue weighted by atomic mass is 10.1. The fourth-order valence-corrected chi connectivity index (χ4v) is 2.69. The number of Topliss-reactive ketones (excluding diaryl/α,β-unsaturated/α-hetero) is 1. The number of nitrogens with one attached hydrogen (secondary N) is 1. The van der Waals surface area contributed by atoms with E-state index in [1.165, 1.54) is 26.0 Å². The summed E-state index contributed by atoms with van der Waals surface area (Å²) in [5.41, 5.74) is 1.04. The molecule has 140 valence electrons. The Balaban J connectivity index is 1.66. The fraction of sp³-hybridized carbons (Fsp3) is 0.211. The van der Waals surface area contributed by atoms with E-state index in [-0.39, 0.29) is 23.2 Å². The molecule has 1 atom stereocenters. The normalized spacial score (nSPS) is 13.0. The number of hydrogen-bond acceptors (Lipinski definition) is 6. The highest BCUT2D eigenvalue weighted by molar-refractivity contribution is 6.32. The molecule has 2 aromatic carbocycles. The van der Waals surface area contributed by atoms with Gasteiger partial charge in [0, 0.05) is 11.3 Å². The fourth-order valence-electron chi connectivity index (χ4n) is 2.43. The van der Waals surface area contributed by atoms with Crippen LogP contribution in [-0.4, -0.2) is 30.6 Å². The highest BCUT2D eigenvalue weighted by Crippen LogP contribution is 2.39. The van der Waals surface area contributed by atoms with E-state index in [1.807, 2.05) is 0 Å². The van der Waals surface area contributed by atoms with Crippen LogP contribution in [0.1, 0.15) is 34.6 Å². The molecule has 3 rings (SSSR count). The number of hydrogen-bond donors (Lipinski definition) is 1. The van der Waals surface area contributed by atoms with Crippen LogP contribution in [0.3, 0.4) is 0 Å². The number of carbonyl (C=O) groups excluding carboxylic acids is 3. The van der Waals surface area contributed by atoms with Crippen LogP contribution in [-0.2, 0) is 9.53 Å². The minimum atomic E-state index is -1.07. The van der Waals surface area contributed by atoms with Gasteiger partial charge in [0.1, 0.15) is 0 Å². The number of ketones is 1. The summed E-state index contributed by atoms with van der Waals surface area (Å²) in [5.74, 6) is -0.673. The molecule has 27 heavy (non-hydrogen) atoms. The van der Waals surface area contributed by atoms with Gasteiger partial charge < -0.3 is 19.5 Å². The van der Waals surface area contributed by atoms with Crippen LogP contribution in [0.4, 0.5) is 5.69 Å². The van der Waals surface area contributed by atoms with Crippen LogP contribution in [0, 0.1) is 0 Å². The van der Waals surface area contributed by atoms with Crippen molar-refractivity contribution in [3.63, 3.8) is 0 Å². The predicted molar refractivity (Wildman–Crippen MR) is 97.5 cm³/mol. The van der Waals surface area contributed by atoms with E-state index in [1.54, 1.807) is 24.3 Å². The first-order valence-corrected chi connectivity index (χ1v) is 8.45. The molecule has 0 aliphatic carbocycles. The summed E-state index contributed by atoms with van der Waals surface area (Å²) in [5, 5.41) is 2.83. The van der Waals surface area contributed by atoms with E-state index < -0.39 is 18.0 Å². The summed E-state index contributed by atoms with van der Waals surface area (Å²) >= 11 is 6.05. The van der Waals surface area contributed by atoms with E-state index in [9.17, 15) is 14.4 Å². The third-order valence-corrected chi connectivity index (χ3v) is 4.13. The Hall–Kier alpha value is -3.06. The zero-order chi connectivity index (χ0) is 19.6. The standard InChI is InChI=1S/C19H16ClNO6/c1-10(22)12-4-3-5-14(6-12)21-18(23)11(2)27-19(24)13-7-15(20)17-16(8-13)25-9-26-17/h3-8,11H,9H2,1-2H3,(H,21,23). The van der Waals surface area contributed by atoms with Gasteiger partial charge in [-0.15, -0.1) is 0 Å². The molecule has 0 saturated heterocycles. The van der Waals surface area contributed by atoms with Crippen molar-refractivity contribution in [2.24, 2.45) is 0 Å². The van der Waals surface area contributed by atoms with E-state index in [2.05, 4.69) is 5.32 Å². The number of amides is 1. The Labute approximate surface area is 160 Å². The van der Waals surface area contributed by atoms with Crippen LogP contribution in [0.5, 0.6) is 11.5 Å². The Bertz CT molecular complexity index is 926. The maximum absolute atomic E-state index is 12.3. The third kappa shape index (κ3) is 4.20. The monoisotopic (exact) mass is 389 g/mol. The summed E-state index contributed by atoms with van der Waals surface area (Å²) in [6, 6.07) is 9.31. The molecule has 0 saturated carbocycles. The highest BCUT2D eigenvalue weighted by atomic mass is 35.5. The zero-order valence-electron chi connectivity index (χ0n) is 14.6. The number of benzene rings is 2. The first-order valence-electron chi connectivity index (χ1n) is 8.07. The number of halogens is 1. The van der Waals surface area contributed by atoms with Crippen molar-refractivity contribution in [3.05, 3.63) is 52.5 Å². The Morgan fingerprint density at radius 3 is 2.67 bits per heavy atom. The van der Waals surface area contributed by atoms with Gasteiger partial charge in [0.25, 0.3) is 5.91 Å². The van der Waals surface area contributed by atoms with Crippen molar-refractivity contribution in [3.8, 4) is 11.5 Å². The smallest absolute Gasteiger partial charge is 0.339 e. The highest BCUT2D eigenvalue weighted by Gasteiger charge is 2.24. The summed E-state index contributed by atoms with van der Waals surface area (Å²) in [6.07, 6.45) is -1.07. The molecule has 0 spiro atoms. The second kappa shape index (κ2) is 7.67. The first kappa shape index (κ1) is 18.7. The van der Waals surface area contributed by atoms with Gasteiger partial charge >= 0.3 is 5.97 Å². The number of ether oxygens (including phenoxy) is 3. The summed E-state index contributed by atoms with van der Waals surface area (Å²) in [4.78, 5) is 36.0. The van der Waals surface area contributed by atoms with Gasteiger partial charge in [0.05, 0.1) is 10.6 Å². The van der Waals surface area contributed by atoms with E-state index in [4.69, 9.17) is 25.8 Å². The molecule has 7 nitrogen and oxygen atoms in total. The van der Waals surface area contributed by atoms with E-state index in [0.29, 0.717) is 22.7 Å². The Morgan fingerprint density at radius 1 is 1.15 bits per heavy atom. The van der Waals surface area contributed by atoms with Crippen molar-refractivity contribution in [2.45, 2.75) is 20.0 Å². The Morgan fingerprint density at radius 2 is 1.93 bits per heavy atom. The second-order valence-corrected chi connectivity index (χ2v) is 6.27. The molecule has 1 aliphatic rings. The van der Waals surface area contributed by atoms with E-state index in [0.717, 1.165) is 0 Å². The summed E-state index contributed by atoms with van der Waals surface area (Å²) in [6.45, 7) is 2.89. The second-order valence-electron chi connectivity index (χ2n) is 5.87. The molecule has 2 aromatic rings. The van der Waals surface area contributed by atoms with Crippen molar-refractivity contribution in [1.29, 1.82) is 0 Å². The minimum absolute atomic E-state index is 0.0195. The van der Waals surface area contributed by atoms with Crippen molar-refractivity contribution in [2.75, 3.05) is 12.1 Å². The first-order chi connectivity index (χ1) is 12.8.